The Morgan fingerprint density at radius 2 is 1.69 bits per heavy atom. The number of fused-ring (bicyclic) bond motifs is 1. The van der Waals surface area contributed by atoms with Gasteiger partial charge in [0.1, 0.15) is 18.3 Å². The van der Waals surface area contributed by atoms with E-state index in [0.717, 1.165) is 12.4 Å². The highest BCUT2D eigenvalue weighted by molar-refractivity contribution is 6.50. The van der Waals surface area contributed by atoms with Gasteiger partial charge in [-0.3, -0.25) is 0 Å². The predicted molar refractivity (Wildman–Crippen MR) is 91.7 cm³/mol. The van der Waals surface area contributed by atoms with Crippen LogP contribution in [0.25, 0.3) is 5.69 Å². The number of hydrogen-bond acceptors (Lipinski definition) is 2. The first-order valence-electron chi connectivity index (χ1n) is 8.50. The molecule has 0 N–H and O–H groups in total. The number of aryl methyl sites for hydroxylation is 3. The lowest BCUT2D eigenvalue weighted by Crippen LogP contribution is -2.49. The van der Waals surface area contributed by atoms with E-state index in [1.165, 1.54) is 22.4 Å². The average Bonchev–Trinajstić information content (AvgIpc) is 2.87. The van der Waals surface area contributed by atoms with Gasteiger partial charge in [-0.05, 0) is 37.8 Å². The second-order valence-electron chi connectivity index (χ2n) is 6.95. The highest BCUT2D eigenvalue weighted by Gasteiger charge is 2.32. The summed E-state index contributed by atoms with van der Waals surface area (Å²) in [6.07, 6.45) is 2.13. The van der Waals surface area contributed by atoms with Crippen LogP contribution < -0.4 is 4.57 Å². The van der Waals surface area contributed by atoms with Crippen LogP contribution in [-0.4, -0.2) is 23.6 Å². The minimum atomic E-state index is -6.00. The van der Waals surface area contributed by atoms with Crippen LogP contribution in [0.3, 0.4) is 0 Å². The highest BCUT2D eigenvalue weighted by Crippen LogP contribution is 2.22. The van der Waals surface area contributed by atoms with E-state index in [9.17, 15) is 17.3 Å². The largest absolute Gasteiger partial charge is 0.673 e. The Bertz CT molecular complexity index is 745. The number of nitrogens with zero attached hydrogens (tertiary/aromatic N) is 3. The lowest BCUT2D eigenvalue weighted by Gasteiger charge is -2.22. The number of halogens is 4. The van der Waals surface area contributed by atoms with E-state index in [1.54, 1.807) is 0 Å². The molecule has 144 valence electrons. The van der Waals surface area contributed by atoms with Gasteiger partial charge in [-0.2, -0.15) is 0 Å². The summed E-state index contributed by atoms with van der Waals surface area (Å²) in [6, 6.07) is 4.79. The van der Waals surface area contributed by atoms with E-state index < -0.39 is 7.25 Å². The molecule has 26 heavy (non-hydrogen) atoms. The monoisotopic (exact) mass is 373 g/mol. The van der Waals surface area contributed by atoms with Crippen molar-refractivity contribution in [2.24, 2.45) is 5.92 Å². The third kappa shape index (κ3) is 5.06. The Labute approximate surface area is 150 Å². The van der Waals surface area contributed by atoms with Crippen LogP contribution >= 0.6 is 0 Å². The van der Waals surface area contributed by atoms with Crippen LogP contribution in [0.2, 0.25) is 0 Å². The lowest BCUT2D eigenvalue weighted by atomic mass is 10.0. The molecule has 1 aromatic carbocycles. The zero-order chi connectivity index (χ0) is 19.6. The van der Waals surface area contributed by atoms with Gasteiger partial charge in [-0.25, -0.2) is 4.57 Å². The molecule has 0 spiro atoms. The van der Waals surface area contributed by atoms with Crippen molar-refractivity contribution in [3.05, 3.63) is 41.0 Å². The topological polar surface area (TPSA) is 30.9 Å². The van der Waals surface area contributed by atoms with Crippen molar-refractivity contribution in [3.63, 3.8) is 0 Å². The van der Waals surface area contributed by atoms with Gasteiger partial charge in [0.15, 0.2) is 0 Å². The molecule has 0 radical (unpaired) electrons. The third-order valence-corrected chi connectivity index (χ3v) is 4.27. The van der Waals surface area contributed by atoms with Crippen molar-refractivity contribution in [2.45, 2.75) is 47.3 Å². The first-order valence-corrected chi connectivity index (χ1v) is 8.50. The first-order chi connectivity index (χ1) is 12.0. The number of aromatic nitrogens is 3. The van der Waals surface area contributed by atoms with Gasteiger partial charge in [0.2, 0.25) is 6.33 Å². The summed E-state index contributed by atoms with van der Waals surface area (Å²) in [6.45, 7) is 12.3. The van der Waals surface area contributed by atoms with Crippen LogP contribution in [0.15, 0.2) is 18.5 Å². The molecule has 1 aromatic heterocycles. The zero-order valence-corrected chi connectivity index (χ0v) is 15.6. The molecule has 0 fully saturated rings. The van der Waals surface area contributed by atoms with E-state index in [2.05, 4.69) is 57.6 Å². The Morgan fingerprint density at radius 1 is 1.15 bits per heavy atom. The molecule has 1 atom stereocenters. The molecule has 1 aliphatic rings. The molecular weight excluding hydrogens is 349 g/mol. The molecule has 0 unspecified atom stereocenters. The van der Waals surface area contributed by atoms with E-state index in [1.807, 2.05) is 4.68 Å². The van der Waals surface area contributed by atoms with Crippen molar-refractivity contribution in [1.82, 2.24) is 9.78 Å². The van der Waals surface area contributed by atoms with Gasteiger partial charge in [-0.1, -0.05) is 36.2 Å². The molecule has 0 saturated heterocycles. The lowest BCUT2D eigenvalue weighted by molar-refractivity contribution is -0.749. The molecule has 0 amide bonds. The van der Waals surface area contributed by atoms with Gasteiger partial charge in [0, 0.05) is 5.10 Å². The van der Waals surface area contributed by atoms with Crippen LogP contribution in [0, 0.1) is 26.7 Å². The molecule has 2 aromatic rings. The van der Waals surface area contributed by atoms with Crippen LogP contribution in [0.5, 0.6) is 0 Å². The Balaban J connectivity index is 0.000000431. The number of benzene rings is 1. The number of hydrogen-bond donors (Lipinski definition) is 0. The van der Waals surface area contributed by atoms with E-state index >= 15 is 0 Å². The summed E-state index contributed by atoms with van der Waals surface area (Å²) < 4.78 is 49.0. The maximum atomic E-state index is 9.75. The predicted octanol–water partition coefficient (Wildman–Crippen LogP) is 4.11. The summed E-state index contributed by atoms with van der Waals surface area (Å²) in [4.78, 5) is 0. The maximum Gasteiger partial charge on any atom is 0.673 e. The quantitative estimate of drug-likeness (QED) is 0.451. The second kappa shape index (κ2) is 7.78. The zero-order valence-electron chi connectivity index (χ0n) is 15.6. The molecule has 0 aliphatic carbocycles. The number of ether oxygens (including phenoxy) is 1. The van der Waals surface area contributed by atoms with E-state index in [4.69, 9.17) is 9.84 Å². The summed E-state index contributed by atoms with van der Waals surface area (Å²) in [5, 5.41) is 4.76. The molecule has 0 bridgehead atoms. The van der Waals surface area contributed by atoms with Crippen LogP contribution in [-0.2, 0) is 11.3 Å². The SMILES string of the molecule is Cc1cc(C)c(-n2c[n+]3c(n2)COC[C@@H]3C(C)C)c(C)c1.F[B-](F)(F)F. The normalized spacial score (nSPS) is 16.9. The fourth-order valence-electron chi connectivity index (χ4n) is 3.27. The Kier molecular flexibility index (Phi) is 6.11. The fourth-order valence-corrected chi connectivity index (χ4v) is 3.27. The summed E-state index contributed by atoms with van der Waals surface area (Å²) >= 11 is 0. The smallest absolute Gasteiger partial charge is 0.418 e. The van der Waals surface area contributed by atoms with Crippen molar-refractivity contribution in [2.75, 3.05) is 6.61 Å². The number of rotatable bonds is 2. The molecule has 9 heteroatoms. The molecule has 2 heterocycles. The Hall–Kier alpha value is -1.90. The van der Waals surface area contributed by atoms with Crippen LogP contribution in [0.1, 0.15) is 42.4 Å². The van der Waals surface area contributed by atoms with Gasteiger partial charge in [0.05, 0.1) is 6.61 Å². The molecule has 0 saturated carbocycles. The standard InChI is InChI=1S/C17H24N3O.BF4/c1-11(2)15-8-21-9-16-18-20(10-19(15)16)17-13(4)6-12(3)7-14(17)5;2-1(3,4)5/h6-7,10-11,15H,8-9H2,1-5H3;/q+1;-1/t15-;/m1./s1. The molecule has 1 aliphatic heterocycles. The fraction of sp³-hybridized carbons (Fsp3) is 0.529. The summed E-state index contributed by atoms with van der Waals surface area (Å²) in [7, 11) is -6.00. The Morgan fingerprint density at radius 3 is 2.19 bits per heavy atom. The first kappa shape index (κ1) is 20.4. The third-order valence-electron chi connectivity index (χ3n) is 4.27. The van der Waals surface area contributed by atoms with Gasteiger partial charge >= 0.3 is 13.1 Å². The minimum absolute atomic E-state index is 0.369. The molecule has 3 rings (SSSR count). The highest BCUT2D eigenvalue weighted by atomic mass is 19.5. The van der Waals surface area contributed by atoms with Gasteiger partial charge in [-0.15, -0.1) is 0 Å². The molecular formula is C17H24BF4N3O. The maximum absolute atomic E-state index is 9.75. The summed E-state index contributed by atoms with van der Waals surface area (Å²) in [5.41, 5.74) is 5.00. The van der Waals surface area contributed by atoms with Gasteiger partial charge < -0.3 is 22.0 Å². The van der Waals surface area contributed by atoms with Crippen molar-refractivity contribution >= 4 is 7.25 Å². The average molecular weight is 373 g/mol. The van der Waals surface area contributed by atoms with Crippen LogP contribution in [0.4, 0.5) is 17.3 Å². The van der Waals surface area contributed by atoms with Gasteiger partial charge in [0.25, 0.3) is 0 Å². The van der Waals surface area contributed by atoms with Crippen molar-refractivity contribution in [3.8, 4) is 5.69 Å². The van der Waals surface area contributed by atoms with E-state index in [0.29, 0.717) is 18.6 Å². The second-order valence-corrected chi connectivity index (χ2v) is 6.95. The summed E-state index contributed by atoms with van der Waals surface area (Å²) in [5.74, 6) is 1.55. The van der Waals surface area contributed by atoms with Crippen molar-refractivity contribution in [1.29, 1.82) is 0 Å². The van der Waals surface area contributed by atoms with Crippen molar-refractivity contribution < 1.29 is 26.6 Å². The van der Waals surface area contributed by atoms with E-state index in [-0.39, 0.29) is 0 Å². The molecule has 4 nitrogen and oxygen atoms in total. The minimum Gasteiger partial charge on any atom is -0.418 e.